The van der Waals surface area contributed by atoms with Crippen LogP contribution in [0.5, 0.6) is 0 Å². The average molecular weight is 457 g/mol. The Hall–Kier alpha value is -1.30. The SMILES string of the molecule is CC(Br)C(=O)OCCS(=O)(=O)c1cc(C(F)(F)F)cc(C(F)(F)F)c1. The minimum Gasteiger partial charge on any atom is -0.464 e. The van der Waals surface area contributed by atoms with Crippen molar-refractivity contribution in [3.8, 4) is 0 Å². The minimum atomic E-state index is -5.16. The van der Waals surface area contributed by atoms with E-state index in [9.17, 15) is 39.6 Å². The summed E-state index contributed by atoms with van der Waals surface area (Å²) in [6, 6.07) is 0.0462. The van der Waals surface area contributed by atoms with Crippen LogP contribution in [0.3, 0.4) is 0 Å². The summed E-state index contributed by atoms with van der Waals surface area (Å²) in [4.78, 5) is 9.27. The predicted octanol–water partition coefficient (Wildman–Crippen LogP) is 3.82. The van der Waals surface area contributed by atoms with Crippen LogP contribution in [0, 0.1) is 0 Å². The fourth-order valence-corrected chi connectivity index (χ4v) is 2.87. The molecule has 0 fully saturated rings. The molecule has 0 aliphatic heterocycles. The van der Waals surface area contributed by atoms with E-state index in [0.717, 1.165) is 0 Å². The Balaban J connectivity index is 3.19. The summed E-state index contributed by atoms with van der Waals surface area (Å²) in [6.07, 6.45) is -10.3. The molecule has 0 N–H and O–H groups in total. The van der Waals surface area contributed by atoms with Gasteiger partial charge in [0.1, 0.15) is 11.4 Å². The first-order valence-corrected chi connectivity index (χ1v) is 9.04. The van der Waals surface area contributed by atoms with Gasteiger partial charge >= 0.3 is 18.3 Å². The molecular formula is C13H11BrF6O4S. The van der Waals surface area contributed by atoms with E-state index in [0.29, 0.717) is 0 Å². The summed E-state index contributed by atoms with van der Waals surface area (Å²) in [7, 11) is -4.54. The third-order valence-electron chi connectivity index (χ3n) is 2.84. The highest BCUT2D eigenvalue weighted by Crippen LogP contribution is 2.37. The molecule has 0 heterocycles. The third kappa shape index (κ3) is 6.17. The minimum absolute atomic E-state index is 0.111. The van der Waals surface area contributed by atoms with E-state index in [-0.39, 0.29) is 18.2 Å². The van der Waals surface area contributed by atoms with E-state index in [1.165, 1.54) is 6.92 Å². The van der Waals surface area contributed by atoms with Crippen molar-refractivity contribution in [2.45, 2.75) is 29.0 Å². The highest BCUT2D eigenvalue weighted by atomic mass is 79.9. The first-order chi connectivity index (χ1) is 11.1. The number of hydrogen-bond donors (Lipinski definition) is 0. The summed E-state index contributed by atoms with van der Waals surface area (Å²) in [5.41, 5.74) is -3.49. The molecule has 4 nitrogen and oxygen atoms in total. The molecule has 1 rings (SSSR count). The van der Waals surface area contributed by atoms with Gasteiger partial charge in [0.15, 0.2) is 9.84 Å². The molecule has 1 atom stereocenters. The average Bonchev–Trinajstić information content (AvgIpc) is 2.44. The molecule has 0 radical (unpaired) electrons. The number of sulfone groups is 1. The van der Waals surface area contributed by atoms with Crippen LogP contribution in [0.15, 0.2) is 23.1 Å². The molecule has 25 heavy (non-hydrogen) atoms. The van der Waals surface area contributed by atoms with Gasteiger partial charge in [0.2, 0.25) is 0 Å². The largest absolute Gasteiger partial charge is 0.464 e. The zero-order valence-corrected chi connectivity index (χ0v) is 14.8. The van der Waals surface area contributed by atoms with Crippen LogP contribution in [0.1, 0.15) is 18.1 Å². The third-order valence-corrected chi connectivity index (χ3v) is 4.87. The Kier molecular flexibility index (Phi) is 6.54. The Morgan fingerprint density at radius 2 is 1.52 bits per heavy atom. The molecule has 0 saturated carbocycles. The molecular weight excluding hydrogens is 446 g/mol. The molecule has 0 aliphatic rings. The van der Waals surface area contributed by atoms with Gasteiger partial charge in [-0.05, 0) is 25.1 Å². The zero-order chi connectivity index (χ0) is 19.6. The van der Waals surface area contributed by atoms with E-state index in [1.807, 2.05) is 0 Å². The summed E-state index contributed by atoms with van der Waals surface area (Å²) >= 11 is 2.85. The molecule has 1 unspecified atom stereocenters. The molecule has 0 bridgehead atoms. The second-order valence-corrected chi connectivity index (χ2v) is 8.33. The highest BCUT2D eigenvalue weighted by molar-refractivity contribution is 9.10. The summed E-state index contributed by atoms with van der Waals surface area (Å²) in [5, 5.41) is 0. The molecule has 1 aromatic carbocycles. The van der Waals surface area contributed by atoms with Gasteiger partial charge in [-0.2, -0.15) is 26.3 Å². The van der Waals surface area contributed by atoms with Crippen molar-refractivity contribution in [2.75, 3.05) is 12.4 Å². The van der Waals surface area contributed by atoms with E-state index >= 15 is 0 Å². The molecule has 0 aliphatic carbocycles. The van der Waals surface area contributed by atoms with E-state index in [2.05, 4.69) is 20.7 Å². The van der Waals surface area contributed by atoms with Gasteiger partial charge in [-0.15, -0.1) is 0 Å². The first-order valence-electron chi connectivity index (χ1n) is 6.47. The maximum absolute atomic E-state index is 12.7. The monoisotopic (exact) mass is 456 g/mol. The number of carbonyl (C=O) groups excluding carboxylic acids is 1. The number of halogens is 7. The van der Waals surface area contributed by atoms with Crippen molar-refractivity contribution in [3.05, 3.63) is 29.3 Å². The molecule has 12 heteroatoms. The molecule has 142 valence electrons. The summed E-state index contributed by atoms with van der Waals surface area (Å²) < 4.78 is 105. The van der Waals surface area contributed by atoms with Crippen molar-refractivity contribution in [3.63, 3.8) is 0 Å². The van der Waals surface area contributed by atoms with Gasteiger partial charge in [0.25, 0.3) is 0 Å². The van der Waals surface area contributed by atoms with Crippen molar-refractivity contribution < 1.29 is 44.3 Å². The Morgan fingerprint density at radius 1 is 1.08 bits per heavy atom. The molecule has 1 aromatic rings. The number of benzene rings is 1. The molecule has 0 saturated heterocycles. The zero-order valence-electron chi connectivity index (χ0n) is 12.4. The Labute approximate surface area is 147 Å². The number of carbonyl (C=O) groups is 1. The lowest BCUT2D eigenvalue weighted by molar-refractivity contribution is -0.143. The van der Waals surface area contributed by atoms with Crippen molar-refractivity contribution in [1.29, 1.82) is 0 Å². The van der Waals surface area contributed by atoms with Gasteiger partial charge in [-0.3, -0.25) is 4.79 Å². The van der Waals surface area contributed by atoms with Crippen LogP contribution < -0.4 is 0 Å². The topological polar surface area (TPSA) is 60.4 Å². The van der Waals surface area contributed by atoms with Crippen LogP contribution in [0.25, 0.3) is 0 Å². The van der Waals surface area contributed by atoms with E-state index < -0.39 is 61.4 Å². The van der Waals surface area contributed by atoms with Crippen LogP contribution in [0.2, 0.25) is 0 Å². The van der Waals surface area contributed by atoms with Crippen LogP contribution >= 0.6 is 15.9 Å². The fourth-order valence-electron chi connectivity index (χ4n) is 1.59. The van der Waals surface area contributed by atoms with Crippen LogP contribution in [0.4, 0.5) is 26.3 Å². The second-order valence-electron chi connectivity index (χ2n) is 4.84. The van der Waals surface area contributed by atoms with Gasteiger partial charge in [-0.25, -0.2) is 8.42 Å². The normalized spacial score (nSPS) is 14.2. The van der Waals surface area contributed by atoms with Gasteiger partial charge in [0, 0.05) is 0 Å². The quantitative estimate of drug-likeness (QED) is 0.383. The maximum Gasteiger partial charge on any atom is 0.416 e. The smallest absolute Gasteiger partial charge is 0.416 e. The van der Waals surface area contributed by atoms with Crippen LogP contribution in [-0.2, 0) is 31.7 Å². The Bertz CT molecular complexity index is 708. The number of esters is 1. The van der Waals surface area contributed by atoms with Crippen molar-refractivity contribution in [2.24, 2.45) is 0 Å². The van der Waals surface area contributed by atoms with Crippen molar-refractivity contribution in [1.82, 2.24) is 0 Å². The van der Waals surface area contributed by atoms with Crippen molar-refractivity contribution >= 4 is 31.7 Å². The van der Waals surface area contributed by atoms with Crippen LogP contribution in [-0.4, -0.2) is 31.6 Å². The van der Waals surface area contributed by atoms with E-state index in [4.69, 9.17) is 0 Å². The summed E-state index contributed by atoms with van der Waals surface area (Å²) in [5.74, 6) is -1.79. The molecule has 0 amide bonds. The lowest BCUT2D eigenvalue weighted by Gasteiger charge is -2.14. The van der Waals surface area contributed by atoms with Gasteiger partial charge in [0.05, 0.1) is 21.8 Å². The van der Waals surface area contributed by atoms with E-state index in [1.54, 1.807) is 0 Å². The summed E-state index contributed by atoms with van der Waals surface area (Å²) in [6.45, 7) is 0.675. The number of alkyl halides is 7. The Morgan fingerprint density at radius 3 is 1.88 bits per heavy atom. The lowest BCUT2D eigenvalue weighted by Crippen LogP contribution is -2.20. The second kappa shape index (κ2) is 7.52. The predicted molar refractivity (Wildman–Crippen MR) is 77.8 cm³/mol. The number of rotatable bonds is 5. The standard InChI is InChI=1S/C13H11BrF6O4S/c1-7(14)11(21)24-2-3-25(22,23)10-5-8(12(15,16)17)4-9(6-10)13(18,19)20/h4-7H,2-3H2,1H3. The van der Waals surface area contributed by atoms with Gasteiger partial charge < -0.3 is 4.74 Å². The highest BCUT2D eigenvalue weighted by Gasteiger charge is 2.38. The maximum atomic E-state index is 12.7. The molecule has 0 spiro atoms. The fraction of sp³-hybridized carbons (Fsp3) is 0.462. The van der Waals surface area contributed by atoms with Gasteiger partial charge in [-0.1, -0.05) is 15.9 Å². The molecule has 0 aromatic heterocycles. The number of hydrogen-bond acceptors (Lipinski definition) is 4. The lowest BCUT2D eigenvalue weighted by atomic mass is 10.1. The first kappa shape index (κ1) is 21.7. The number of ether oxygens (including phenoxy) is 1.